The molecule has 1 aromatic rings. The van der Waals surface area contributed by atoms with Crippen molar-refractivity contribution in [3.05, 3.63) is 29.8 Å². The van der Waals surface area contributed by atoms with Gasteiger partial charge in [-0.25, -0.2) is 4.79 Å². The van der Waals surface area contributed by atoms with Crippen LogP contribution in [0.1, 0.15) is 30.6 Å². The normalized spacial score (nSPS) is 12.0. The van der Waals surface area contributed by atoms with Gasteiger partial charge in [-0.05, 0) is 36.6 Å². The van der Waals surface area contributed by atoms with Crippen molar-refractivity contribution in [1.82, 2.24) is 5.32 Å². The molecule has 0 saturated carbocycles. The predicted octanol–water partition coefficient (Wildman–Crippen LogP) is 1.71. The number of hydrogen-bond donors (Lipinski definition) is 2. The zero-order valence-corrected chi connectivity index (χ0v) is 11.3. The molecule has 0 heterocycles. The van der Waals surface area contributed by atoms with E-state index in [9.17, 15) is 9.59 Å². The highest BCUT2D eigenvalue weighted by Crippen LogP contribution is 2.11. The van der Waals surface area contributed by atoms with Crippen LogP contribution in [0.5, 0.6) is 5.75 Å². The molecule has 0 saturated heterocycles. The Labute approximate surface area is 112 Å². The van der Waals surface area contributed by atoms with Crippen molar-refractivity contribution >= 4 is 11.9 Å². The molecule has 0 aromatic heterocycles. The van der Waals surface area contributed by atoms with Gasteiger partial charge in [-0.2, -0.15) is 0 Å². The predicted molar refractivity (Wildman–Crippen MR) is 70.8 cm³/mol. The molecule has 1 aromatic carbocycles. The van der Waals surface area contributed by atoms with Crippen LogP contribution in [0.2, 0.25) is 0 Å². The minimum absolute atomic E-state index is 0.0863. The number of rotatable bonds is 5. The Morgan fingerprint density at radius 2 is 1.84 bits per heavy atom. The summed E-state index contributed by atoms with van der Waals surface area (Å²) < 4.78 is 4.68. The summed E-state index contributed by atoms with van der Waals surface area (Å²) in [6.07, 6.45) is 0.510. The van der Waals surface area contributed by atoms with Crippen molar-refractivity contribution in [2.45, 2.75) is 26.3 Å². The molecule has 5 heteroatoms. The second-order valence-corrected chi connectivity index (χ2v) is 4.73. The van der Waals surface area contributed by atoms with E-state index in [0.29, 0.717) is 12.0 Å². The quantitative estimate of drug-likeness (QED) is 0.795. The van der Waals surface area contributed by atoms with E-state index in [-0.39, 0.29) is 17.6 Å². The largest absolute Gasteiger partial charge is 0.508 e. The van der Waals surface area contributed by atoms with E-state index in [1.807, 2.05) is 13.8 Å². The lowest BCUT2D eigenvalue weighted by atomic mass is 10.0. The molecule has 0 aliphatic heterocycles. The molecule has 0 fully saturated rings. The summed E-state index contributed by atoms with van der Waals surface area (Å²) >= 11 is 0. The maximum absolute atomic E-state index is 12.0. The Bertz CT molecular complexity index is 439. The maximum Gasteiger partial charge on any atom is 0.328 e. The second-order valence-electron chi connectivity index (χ2n) is 4.73. The molecule has 104 valence electrons. The van der Waals surface area contributed by atoms with Gasteiger partial charge in [-0.15, -0.1) is 0 Å². The third kappa shape index (κ3) is 4.62. The summed E-state index contributed by atoms with van der Waals surface area (Å²) in [4.78, 5) is 23.6. The minimum atomic E-state index is -0.661. The van der Waals surface area contributed by atoms with Crippen LogP contribution in [0.25, 0.3) is 0 Å². The topological polar surface area (TPSA) is 75.6 Å². The van der Waals surface area contributed by atoms with Gasteiger partial charge in [0, 0.05) is 5.56 Å². The van der Waals surface area contributed by atoms with Crippen molar-refractivity contribution in [2.24, 2.45) is 5.92 Å². The number of methoxy groups -OCH3 is 1. The molecular weight excluding hydrogens is 246 g/mol. The van der Waals surface area contributed by atoms with Gasteiger partial charge in [0.25, 0.3) is 5.91 Å². The lowest BCUT2D eigenvalue weighted by molar-refractivity contribution is -0.143. The van der Waals surface area contributed by atoms with E-state index in [2.05, 4.69) is 10.1 Å². The van der Waals surface area contributed by atoms with Gasteiger partial charge >= 0.3 is 5.97 Å². The lowest BCUT2D eigenvalue weighted by Gasteiger charge is -2.18. The Morgan fingerprint density at radius 3 is 2.32 bits per heavy atom. The zero-order chi connectivity index (χ0) is 14.4. The fourth-order valence-corrected chi connectivity index (χ4v) is 1.68. The number of esters is 1. The van der Waals surface area contributed by atoms with Crippen molar-refractivity contribution in [3.63, 3.8) is 0 Å². The third-order valence-corrected chi connectivity index (χ3v) is 2.63. The molecule has 2 N–H and O–H groups in total. The molecule has 1 amide bonds. The summed E-state index contributed by atoms with van der Waals surface area (Å²) in [5, 5.41) is 11.8. The van der Waals surface area contributed by atoms with Crippen LogP contribution < -0.4 is 5.32 Å². The van der Waals surface area contributed by atoms with E-state index < -0.39 is 12.0 Å². The van der Waals surface area contributed by atoms with Gasteiger partial charge in [0.2, 0.25) is 0 Å². The molecule has 0 bridgehead atoms. The number of aromatic hydroxyl groups is 1. The van der Waals surface area contributed by atoms with Crippen LogP contribution in [-0.4, -0.2) is 30.1 Å². The third-order valence-electron chi connectivity index (χ3n) is 2.63. The Balaban J connectivity index is 2.75. The van der Waals surface area contributed by atoms with Gasteiger partial charge in [0.1, 0.15) is 11.8 Å². The fourth-order valence-electron chi connectivity index (χ4n) is 1.68. The highest BCUT2D eigenvalue weighted by molar-refractivity contribution is 5.96. The van der Waals surface area contributed by atoms with Gasteiger partial charge < -0.3 is 15.2 Å². The van der Waals surface area contributed by atoms with Gasteiger partial charge in [-0.1, -0.05) is 13.8 Å². The number of phenols is 1. The molecule has 5 nitrogen and oxygen atoms in total. The monoisotopic (exact) mass is 265 g/mol. The first-order chi connectivity index (χ1) is 8.93. The molecule has 0 unspecified atom stereocenters. The van der Waals surface area contributed by atoms with Gasteiger partial charge in [0.15, 0.2) is 0 Å². The van der Waals surface area contributed by atoms with Crippen LogP contribution in [0.15, 0.2) is 24.3 Å². The minimum Gasteiger partial charge on any atom is -0.508 e. The zero-order valence-electron chi connectivity index (χ0n) is 11.3. The van der Waals surface area contributed by atoms with E-state index in [1.54, 1.807) is 0 Å². The summed E-state index contributed by atoms with van der Waals surface area (Å²) in [5.74, 6) is -0.482. The van der Waals surface area contributed by atoms with Crippen LogP contribution in [0.3, 0.4) is 0 Å². The summed E-state index contributed by atoms with van der Waals surface area (Å²) in [7, 11) is 1.29. The van der Waals surface area contributed by atoms with Crippen LogP contribution in [0, 0.1) is 5.92 Å². The lowest BCUT2D eigenvalue weighted by Crippen LogP contribution is -2.42. The molecule has 0 radical (unpaired) electrons. The number of amides is 1. The standard InChI is InChI=1S/C14H19NO4/c1-9(2)8-12(14(18)19-3)15-13(17)10-4-6-11(16)7-5-10/h4-7,9,12,16H,8H2,1-3H3,(H,15,17)/t12-/m1/s1. The fraction of sp³-hybridized carbons (Fsp3) is 0.429. The molecule has 0 spiro atoms. The van der Waals surface area contributed by atoms with E-state index >= 15 is 0 Å². The maximum atomic E-state index is 12.0. The van der Waals surface area contributed by atoms with Crippen molar-refractivity contribution < 1.29 is 19.4 Å². The van der Waals surface area contributed by atoms with E-state index in [1.165, 1.54) is 31.4 Å². The first-order valence-corrected chi connectivity index (χ1v) is 6.11. The number of ether oxygens (including phenoxy) is 1. The molecule has 1 atom stereocenters. The Kier molecular flexibility index (Phi) is 5.36. The number of carbonyl (C=O) groups is 2. The van der Waals surface area contributed by atoms with Crippen LogP contribution in [-0.2, 0) is 9.53 Å². The average Bonchev–Trinajstić information content (AvgIpc) is 2.37. The second kappa shape index (κ2) is 6.78. The average molecular weight is 265 g/mol. The van der Waals surface area contributed by atoms with Gasteiger partial charge in [0.05, 0.1) is 7.11 Å². The first kappa shape index (κ1) is 15.0. The highest BCUT2D eigenvalue weighted by atomic mass is 16.5. The number of nitrogens with one attached hydrogen (secondary N) is 1. The van der Waals surface area contributed by atoms with Crippen molar-refractivity contribution in [2.75, 3.05) is 7.11 Å². The SMILES string of the molecule is COC(=O)[C@@H](CC(C)C)NC(=O)c1ccc(O)cc1. The Hall–Kier alpha value is -2.04. The van der Waals surface area contributed by atoms with Crippen molar-refractivity contribution in [3.8, 4) is 5.75 Å². The summed E-state index contributed by atoms with van der Waals surface area (Å²) in [6.45, 7) is 3.92. The number of phenolic OH excluding ortho intramolecular Hbond substituents is 1. The molecular formula is C14H19NO4. The molecule has 0 aliphatic carbocycles. The van der Waals surface area contributed by atoms with Crippen molar-refractivity contribution in [1.29, 1.82) is 0 Å². The Morgan fingerprint density at radius 1 is 1.26 bits per heavy atom. The van der Waals surface area contributed by atoms with E-state index in [4.69, 9.17) is 5.11 Å². The highest BCUT2D eigenvalue weighted by Gasteiger charge is 2.23. The summed E-state index contributed by atoms with van der Waals surface area (Å²) in [6, 6.07) is 5.17. The molecule has 1 rings (SSSR count). The number of benzene rings is 1. The number of hydrogen-bond acceptors (Lipinski definition) is 4. The first-order valence-electron chi connectivity index (χ1n) is 6.11. The van der Waals surface area contributed by atoms with Crippen LogP contribution >= 0.6 is 0 Å². The number of carbonyl (C=O) groups excluding carboxylic acids is 2. The summed E-state index contributed by atoms with van der Waals surface area (Å²) in [5.41, 5.74) is 0.385. The molecule has 19 heavy (non-hydrogen) atoms. The van der Waals surface area contributed by atoms with Crippen LogP contribution in [0.4, 0.5) is 0 Å². The smallest absolute Gasteiger partial charge is 0.328 e. The van der Waals surface area contributed by atoms with E-state index in [0.717, 1.165) is 0 Å². The molecule has 0 aliphatic rings. The van der Waals surface area contributed by atoms with Gasteiger partial charge in [-0.3, -0.25) is 4.79 Å².